The number of amides is 1. The summed E-state index contributed by atoms with van der Waals surface area (Å²) in [6, 6.07) is 17.6. The standard InChI is InChI=1S/C19H17N3O2/c1-13-7-9-14(10-8-13)19-20-18(21-24-19)15-11-17(23)22(12-15)16-5-3-2-4-6-16/h2-10,15H,11-12H2,1H3/t15-/m0/s1. The molecule has 2 aromatic carbocycles. The molecule has 2 heterocycles. The first-order valence-corrected chi connectivity index (χ1v) is 7.97. The van der Waals surface area contributed by atoms with Crippen LogP contribution in [0.15, 0.2) is 59.1 Å². The summed E-state index contributed by atoms with van der Waals surface area (Å²) in [6.07, 6.45) is 0.405. The molecular formula is C19H17N3O2. The van der Waals surface area contributed by atoms with Gasteiger partial charge in [0.2, 0.25) is 5.91 Å². The van der Waals surface area contributed by atoms with Crippen LogP contribution in [0, 0.1) is 6.92 Å². The van der Waals surface area contributed by atoms with Crippen molar-refractivity contribution in [1.29, 1.82) is 0 Å². The normalized spacial score (nSPS) is 17.5. The molecule has 1 fully saturated rings. The molecule has 0 radical (unpaired) electrons. The first-order chi connectivity index (χ1) is 11.7. The molecule has 1 aromatic heterocycles. The molecule has 1 amide bonds. The van der Waals surface area contributed by atoms with E-state index in [-0.39, 0.29) is 11.8 Å². The van der Waals surface area contributed by atoms with Gasteiger partial charge >= 0.3 is 0 Å². The van der Waals surface area contributed by atoms with Gasteiger partial charge in [0.05, 0.1) is 0 Å². The van der Waals surface area contributed by atoms with Crippen LogP contribution in [0.1, 0.15) is 23.7 Å². The summed E-state index contributed by atoms with van der Waals surface area (Å²) in [7, 11) is 0. The van der Waals surface area contributed by atoms with Gasteiger partial charge in [0.1, 0.15) is 0 Å². The third-order valence-corrected chi connectivity index (χ3v) is 4.30. The third-order valence-electron chi connectivity index (χ3n) is 4.30. The Kier molecular flexibility index (Phi) is 3.61. The minimum absolute atomic E-state index is 0.0411. The van der Waals surface area contributed by atoms with Crippen LogP contribution in [-0.4, -0.2) is 22.6 Å². The van der Waals surface area contributed by atoms with Crippen LogP contribution in [0.25, 0.3) is 11.5 Å². The zero-order chi connectivity index (χ0) is 16.5. The second-order valence-electron chi connectivity index (χ2n) is 6.06. The lowest BCUT2D eigenvalue weighted by molar-refractivity contribution is -0.117. The van der Waals surface area contributed by atoms with E-state index in [9.17, 15) is 4.79 Å². The van der Waals surface area contributed by atoms with Gasteiger partial charge < -0.3 is 9.42 Å². The van der Waals surface area contributed by atoms with Gasteiger partial charge in [-0.05, 0) is 31.2 Å². The molecular weight excluding hydrogens is 302 g/mol. The van der Waals surface area contributed by atoms with E-state index in [1.54, 1.807) is 4.90 Å². The molecule has 3 aromatic rings. The lowest BCUT2D eigenvalue weighted by atomic mass is 10.1. The molecule has 1 aliphatic rings. The van der Waals surface area contributed by atoms with Gasteiger partial charge in [-0.25, -0.2) is 0 Å². The highest BCUT2D eigenvalue weighted by molar-refractivity contribution is 5.96. The summed E-state index contributed by atoms with van der Waals surface area (Å²) in [5.41, 5.74) is 2.98. The molecule has 0 N–H and O–H groups in total. The Labute approximate surface area is 139 Å². The number of hydrogen-bond acceptors (Lipinski definition) is 4. The number of rotatable bonds is 3. The number of anilines is 1. The quantitative estimate of drug-likeness (QED) is 0.740. The Balaban J connectivity index is 1.55. The molecule has 0 saturated carbocycles. The van der Waals surface area contributed by atoms with Crippen LogP contribution in [0.4, 0.5) is 5.69 Å². The van der Waals surface area contributed by atoms with E-state index in [1.165, 1.54) is 5.56 Å². The molecule has 1 atom stereocenters. The largest absolute Gasteiger partial charge is 0.334 e. The topological polar surface area (TPSA) is 59.2 Å². The Bertz CT molecular complexity index is 856. The number of carbonyl (C=O) groups is 1. The average Bonchev–Trinajstić information content (AvgIpc) is 3.23. The number of para-hydroxylation sites is 1. The summed E-state index contributed by atoms with van der Waals surface area (Å²) >= 11 is 0. The van der Waals surface area contributed by atoms with Crippen molar-refractivity contribution in [1.82, 2.24) is 10.1 Å². The smallest absolute Gasteiger partial charge is 0.257 e. The minimum atomic E-state index is -0.0411. The van der Waals surface area contributed by atoms with Crippen LogP contribution in [0.2, 0.25) is 0 Å². The Morgan fingerprint density at radius 2 is 1.83 bits per heavy atom. The van der Waals surface area contributed by atoms with Gasteiger partial charge in [-0.1, -0.05) is 41.1 Å². The lowest BCUT2D eigenvalue weighted by Gasteiger charge is -2.15. The van der Waals surface area contributed by atoms with E-state index in [2.05, 4.69) is 10.1 Å². The fourth-order valence-corrected chi connectivity index (χ4v) is 2.95. The minimum Gasteiger partial charge on any atom is -0.334 e. The van der Waals surface area contributed by atoms with Crippen molar-refractivity contribution in [3.63, 3.8) is 0 Å². The lowest BCUT2D eigenvalue weighted by Crippen LogP contribution is -2.24. The Hall–Kier alpha value is -2.95. The van der Waals surface area contributed by atoms with Crippen molar-refractivity contribution in [3.8, 4) is 11.5 Å². The molecule has 5 nitrogen and oxygen atoms in total. The molecule has 0 aliphatic carbocycles. The second kappa shape index (κ2) is 5.92. The Morgan fingerprint density at radius 3 is 2.58 bits per heavy atom. The Morgan fingerprint density at radius 1 is 1.08 bits per heavy atom. The molecule has 5 heteroatoms. The monoisotopic (exact) mass is 319 g/mol. The summed E-state index contributed by atoms with van der Waals surface area (Å²) in [6.45, 7) is 2.61. The predicted molar refractivity (Wildman–Crippen MR) is 90.6 cm³/mol. The zero-order valence-corrected chi connectivity index (χ0v) is 13.3. The molecule has 24 heavy (non-hydrogen) atoms. The first kappa shape index (κ1) is 14.6. The fourth-order valence-electron chi connectivity index (χ4n) is 2.95. The van der Waals surface area contributed by atoms with Gasteiger partial charge in [0.15, 0.2) is 5.82 Å². The highest BCUT2D eigenvalue weighted by atomic mass is 16.5. The highest BCUT2D eigenvalue weighted by Gasteiger charge is 2.34. The van der Waals surface area contributed by atoms with Gasteiger partial charge in [-0.3, -0.25) is 4.79 Å². The molecule has 4 rings (SSSR count). The van der Waals surface area contributed by atoms with Gasteiger partial charge in [-0.15, -0.1) is 0 Å². The van der Waals surface area contributed by atoms with Crippen LogP contribution in [-0.2, 0) is 4.79 Å². The van der Waals surface area contributed by atoms with Gasteiger partial charge in [-0.2, -0.15) is 4.98 Å². The van der Waals surface area contributed by atoms with Crippen molar-refractivity contribution in [2.45, 2.75) is 19.3 Å². The van der Waals surface area contributed by atoms with Gasteiger partial charge in [0, 0.05) is 30.1 Å². The van der Waals surface area contributed by atoms with Crippen LogP contribution in [0.5, 0.6) is 0 Å². The average molecular weight is 319 g/mol. The number of aromatic nitrogens is 2. The van der Waals surface area contributed by atoms with E-state index >= 15 is 0 Å². The van der Waals surface area contributed by atoms with Crippen LogP contribution < -0.4 is 4.90 Å². The van der Waals surface area contributed by atoms with Gasteiger partial charge in [0.25, 0.3) is 5.89 Å². The zero-order valence-electron chi connectivity index (χ0n) is 13.3. The van der Waals surface area contributed by atoms with Crippen molar-refractivity contribution in [2.75, 3.05) is 11.4 Å². The first-order valence-electron chi connectivity index (χ1n) is 7.97. The number of aryl methyl sites for hydroxylation is 1. The van der Waals surface area contributed by atoms with Crippen molar-refractivity contribution in [2.24, 2.45) is 0 Å². The molecule has 1 aliphatic heterocycles. The fraction of sp³-hybridized carbons (Fsp3) is 0.211. The molecule has 0 bridgehead atoms. The second-order valence-corrected chi connectivity index (χ2v) is 6.06. The van der Waals surface area contributed by atoms with E-state index in [4.69, 9.17) is 4.52 Å². The van der Waals surface area contributed by atoms with Crippen molar-refractivity contribution < 1.29 is 9.32 Å². The summed E-state index contributed by atoms with van der Waals surface area (Å²) < 4.78 is 5.39. The van der Waals surface area contributed by atoms with Crippen LogP contribution >= 0.6 is 0 Å². The summed E-state index contributed by atoms with van der Waals surface area (Å²) in [4.78, 5) is 18.6. The van der Waals surface area contributed by atoms with E-state index < -0.39 is 0 Å². The molecule has 1 saturated heterocycles. The van der Waals surface area contributed by atoms with Crippen LogP contribution in [0.3, 0.4) is 0 Å². The highest BCUT2D eigenvalue weighted by Crippen LogP contribution is 2.31. The summed E-state index contributed by atoms with van der Waals surface area (Å²) in [5, 5.41) is 4.09. The third kappa shape index (κ3) is 2.69. The number of benzene rings is 2. The molecule has 120 valence electrons. The number of nitrogens with zero attached hydrogens (tertiary/aromatic N) is 3. The van der Waals surface area contributed by atoms with Crippen molar-refractivity contribution in [3.05, 3.63) is 66.0 Å². The molecule has 0 unspecified atom stereocenters. The number of hydrogen-bond donors (Lipinski definition) is 0. The van der Waals surface area contributed by atoms with E-state index in [0.717, 1.165) is 11.3 Å². The van der Waals surface area contributed by atoms with E-state index in [1.807, 2.05) is 61.5 Å². The maximum atomic E-state index is 12.3. The van der Waals surface area contributed by atoms with Crippen molar-refractivity contribution >= 4 is 11.6 Å². The maximum Gasteiger partial charge on any atom is 0.257 e. The number of carbonyl (C=O) groups excluding carboxylic acids is 1. The summed E-state index contributed by atoms with van der Waals surface area (Å²) in [5.74, 6) is 1.14. The maximum absolute atomic E-state index is 12.3. The SMILES string of the molecule is Cc1ccc(-c2nc([C@H]3CC(=O)N(c4ccccc4)C3)no2)cc1. The molecule has 0 spiro atoms. The van der Waals surface area contributed by atoms with E-state index in [0.29, 0.717) is 24.7 Å². The predicted octanol–water partition coefficient (Wildman–Crippen LogP) is 3.57.